The highest BCUT2D eigenvalue weighted by atomic mass is 79.9. The quantitative estimate of drug-likeness (QED) is 0.350. The van der Waals surface area contributed by atoms with Gasteiger partial charge in [-0.2, -0.15) is 0 Å². The van der Waals surface area contributed by atoms with Crippen LogP contribution in [0.25, 0.3) is 21.9 Å². The van der Waals surface area contributed by atoms with Crippen LogP contribution in [-0.4, -0.2) is 0 Å². The summed E-state index contributed by atoms with van der Waals surface area (Å²) >= 11 is 3.70. The van der Waals surface area contributed by atoms with Crippen LogP contribution >= 0.6 is 15.9 Å². The first-order chi connectivity index (χ1) is 12.3. The van der Waals surface area contributed by atoms with E-state index in [1.165, 1.54) is 43.1 Å². The molecule has 1 heteroatoms. The summed E-state index contributed by atoms with van der Waals surface area (Å²) in [6, 6.07) is 30.9. The average Bonchev–Trinajstić information content (AvgIpc) is 2.99. The van der Waals surface area contributed by atoms with Crippen molar-refractivity contribution in [1.82, 2.24) is 0 Å². The highest BCUT2D eigenvalue weighted by Crippen LogP contribution is 2.46. The van der Waals surface area contributed by atoms with Crippen molar-refractivity contribution in [1.29, 1.82) is 0 Å². The first-order valence-electron chi connectivity index (χ1n) is 8.67. The van der Waals surface area contributed by atoms with Gasteiger partial charge in [0.25, 0.3) is 0 Å². The molecule has 0 unspecified atom stereocenters. The molecule has 0 aliphatic heterocycles. The van der Waals surface area contributed by atoms with Gasteiger partial charge in [-0.1, -0.05) is 94.8 Å². The molecule has 0 heterocycles. The van der Waals surface area contributed by atoms with Crippen LogP contribution in [0.15, 0.2) is 89.4 Å². The molecule has 5 rings (SSSR count). The lowest BCUT2D eigenvalue weighted by molar-refractivity contribution is 0.832. The minimum absolute atomic E-state index is 0.428. The molecule has 0 atom stereocenters. The van der Waals surface area contributed by atoms with E-state index in [0.717, 1.165) is 6.42 Å². The Hall–Kier alpha value is -2.38. The Morgan fingerprint density at radius 2 is 1.16 bits per heavy atom. The van der Waals surface area contributed by atoms with Crippen LogP contribution in [0.3, 0.4) is 0 Å². The van der Waals surface area contributed by atoms with Gasteiger partial charge in [0.2, 0.25) is 0 Å². The summed E-state index contributed by atoms with van der Waals surface area (Å²) in [5.74, 6) is 0.428. The fourth-order valence-corrected chi connectivity index (χ4v) is 4.68. The minimum atomic E-state index is 0.428. The zero-order valence-electron chi connectivity index (χ0n) is 13.7. The number of benzene rings is 4. The second kappa shape index (κ2) is 5.86. The molecule has 0 spiro atoms. The van der Waals surface area contributed by atoms with Gasteiger partial charge in [-0.3, -0.25) is 0 Å². The molecule has 0 aromatic heterocycles. The summed E-state index contributed by atoms with van der Waals surface area (Å²) in [4.78, 5) is 0. The van der Waals surface area contributed by atoms with Crippen LogP contribution in [0.2, 0.25) is 0 Å². The van der Waals surface area contributed by atoms with Crippen molar-refractivity contribution in [3.8, 4) is 11.1 Å². The number of rotatable bonds is 2. The molecule has 1 aliphatic rings. The minimum Gasteiger partial charge on any atom is -0.0619 e. The summed E-state index contributed by atoms with van der Waals surface area (Å²) < 4.78 is 1.17. The van der Waals surface area contributed by atoms with Gasteiger partial charge in [-0.05, 0) is 51.1 Å². The van der Waals surface area contributed by atoms with E-state index in [1.54, 1.807) is 0 Å². The fourth-order valence-electron chi connectivity index (χ4n) is 4.20. The fraction of sp³-hybridized carbons (Fsp3) is 0.0833. The maximum atomic E-state index is 3.70. The second-order valence-electron chi connectivity index (χ2n) is 6.68. The molecule has 120 valence electrons. The summed E-state index contributed by atoms with van der Waals surface area (Å²) in [5, 5.41) is 2.64. The third-order valence-electron chi connectivity index (χ3n) is 5.35. The van der Waals surface area contributed by atoms with E-state index in [9.17, 15) is 0 Å². The van der Waals surface area contributed by atoms with Crippen LogP contribution in [0.1, 0.15) is 22.6 Å². The summed E-state index contributed by atoms with van der Waals surface area (Å²) in [7, 11) is 0. The van der Waals surface area contributed by atoms with Gasteiger partial charge in [0.05, 0.1) is 0 Å². The lowest BCUT2D eigenvalue weighted by atomic mass is 9.88. The van der Waals surface area contributed by atoms with Gasteiger partial charge in [0.1, 0.15) is 0 Å². The maximum Gasteiger partial charge on any atom is 0.0253 e. The summed E-state index contributed by atoms with van der Waals surface area (Å²) in [6.45, 7) is 0. The van der Waals surface area contributed by atoms with Gasteiger partial charge in [-0.25, -0.2) is 0 Å². The molecule has 1 aliphatic carbocycles. The van der Waals surface area contributed by atoms with Gasteiger partial charge >= 0.3 is 0 Å². The molecule has 0 saturated carbocycles. The van der Waals surface area contributed by atoms with Crippen molar-refractivity contribution in [2.24, 2.45) is 0 Å². The molecule has 0 amide bonds. The third kappa shape index (κ3) is 2.34. The van der Waals surface area contributed by atoms with Gasteiger partial charge in [0, 0.05) is 10.4 Å². The Labute approximate surface area is 156 Å². The molecule has 25 heavy (non-hydrogen) atoms. The largest absolute Gasteiger partial charge is 0.0619 e. The Kier molecular flexibility index (Phi) is 3.50. The first kappa shape index (κ1) is 14.9. The average molecular weight is 385 g/mol. The van der Waals surface area contributed by atoms with E-state index >= 15 is 0 Å². The molecule has 0 bridgehead atoms. The number of halogens is 1. The van der Waals surface area contributed by atoms with Crippen LogP contribution in [0.4, 0.5) is 0 Å². The van der Waals surface area contributed by atoms with Gasteiger partial charge < -0.3 is 0 Å². The van der Waals surface area contributed by atoms with Crippen molar-refractivity contribution in [3.05, 3.63) is 106 Å². The normalized spacial score (nSPS) is 13.0. The SMILES string of the molecule is Brc1ccc(CC2c3ccccc3-c3ccccc32)c2ccccc12. The van der Waals surface area contributed by atoms with E-state index in [2.05, 4.69) is 101 Å². The predicted molar refractivity (Wildman–Crippen MR) is 109 cm³/mol. The molecule has 0 N–H and O–H groups in total. The van der Waals surface area contributed by atoms with Gasteiger partial charge in [-0.15, -0.1) is 0 Å². The zero-order chi connectivity index (χ0) is 16.8. The third-order valence-corrected chi connectivity index (χ3v) is 6.04. The van der Waals surface area contributed by atoms with Crippen molar-refractivity contribution < 1.29 is 0 Å². The Morgan fingerprint density at radius 3 is 1.84 bits per heavy atom. The Balaban J connectivity index is 1.67. The van der Waals surface area contributed by atoms with E-state index in [0.29, 0.717) is 5.92 Å². The molecule has 0 fully saturated rings. The van der Waals surface area contributed by atoms with Crippen LogP contribution in [0, 0.1) is 0 Å². The van der Waals surface area contributed by atoms with E-state index in [1.807, 2.05) is 0 Å². The molecule has 0 nitrogen and oxygen atoms in total. The summed E-state index contributed by atoms with van der Waals surface area (Å²) in [5.41, 5.74) is 7.11. The Bertz CT molecular complexity index is 1050. The van der Waals surface area contributed by atoms with Crippen molar-refractivity contribution in [3.63, 3.8) is 0 Å². The van der Waals surface area contributed by atoms with E-state index in [4.69, 9.17) is 0 Å². The highest BCUT2D eigenvalue weighted by Gasteiger charge is 2.28. The number of hydrogen-bond acceptors (Lipinski definition) is 0. The van der Waals surface area contributed by atoms with E-state index in [-0.39, 0.29) is 0 Å². The molecule has 0 saturated heterocycles. The maximum absolute atomic E-state index is 3.70. The molecule has 0 radical (unpaired) electrons. The standard InChI is InChI=1S/C24H17Br/c25-24-14-13-16(17-7-1-6-12-22(17)24)15-23-20-10-4-2-8-18(20)19-9-3-5-11-21(19)23/h1-14,23H,15H2. The smallest absolute Gasteiger partial charge is 0.0253 e. The van der Waals surface area contributed by atoms with Crippen molar-refractivity contribution in [2.45, 2.75) is 12.3 Å². The van der Waals surface area contributed by atoms with Crippen LogP contribution < -0.4 is 0 Å². The molecular weight excluding hydrogens is 368 g/mol. The second-order valence-corrected chi connectivity index (χ2v) is 7.54. The van der Waals surface area contributed by atoms with Gasteiger partial charge in [0.15, 0.2) is 0 Å². The number of fused-ring (bicyclic) bond motifs is 4. The first-order valence-corrected chi connectivity index (χ1v) is 9.46. The topological polar surface area (TPSA) is 0 Å². The van der Waals surface area contributed by atoms with Crippen molar-refractivity contribution >= 4 is 26.7 Å². The monoisotopic (exact) mass is 384 g/mol. The number of hydrogen-bond donors (Lipinski definition) is 0. The van der Waals surface area contributed by atoms with Crippen LogP contribution in [0.5, 0.6) is 0 Å². The predicted octanol–water partition coefficient (Wildman–Crippen LogP) is 6.96. The molecule has 4 aromatic rings. The van der Waals surface area contributed by atoms with Crippen molar-refractivity contribution in [2.75, 3.05) is 0 Å². The van der Waals surface area contributed by atoms with Crippen LogP contribution in [-0.2, 0) is 6.42 Å². The lowest BCUT2D eigenvalue weighted by Crippen LogP contribution is -2.02. The summed E-state index contributed by atoms with van der Waals surface area (Å²) in [6.07, 6.45) is 1.03. The zero-order valence-corrected chi connectivity index (χ0v) is 15.3. The molecule has 4 aromatic carbocycles. The van der Waals surface area contributed by atoms with E-state index < -0.39 is 0 Å². The lowest BCUT2D eigenvalue weighted by Gasteiger charge is -2.16. The highest BCUT2D eigenvalue weighted by molar-refractivity contribution is 9.10. The Morgan fingerprint density at radius 1 is 0.600 bits per heavy atom. The molecular formula is C24H17Br.